The van der Waals surface area contributed by atoms with E-state index < -0.39 is 11.9 Å². The summed E-state index contributed by atoms with van der Waals surface area (Å²) >= 11 is 4.00. The molecule has 2 rings (SSSR count). The number of rotatable bonds is 4. The van der Waals surface area contributed by atoms with Gasteiger partial charge in [-0.05, 0) is 18.9 Å². The van der Waals surface area contributed by atoms with Gasteiger partial charge in [-0.15, -0.1) is 12.6 Å². The molecular formula is C13H14F3N5S. The van der Waals surface area contributed by atoms with Crippen LogP contribution in [0.15, 0.2) is 34.0 Å². The van der Waals surface area contributed by atoms with E-state index in [4.69, 9.17) is 5.73 Å². The number of hydrogen-bond donors (Lipinski definition) is 3. The summed E-state index contributed by atoms with van der Waals surface area (Å²) in [6.45, 7) is 3.57. The number of thiol groups is 1. The number of pyridine rings is 1. The maximum absolute atomic E-state index is 12.5. The van der Waals surface area contributed by atoms with Crippen LogP contribution in [-0.4, -0.2) is 17.0 Å². The Balaban J connectivity index is 2.08. The summed E-state index contributed by atoms with van der Waals surface area (Å²) in [4.78, 5) is 7.43. The predicted molar refractivity (Wildman–Crippen MR) is 82.7 cm³/mol. The lowest BCUT2D eigenvalue weighted by Crippen LogP contribution is -2.20. The molecule has 1 aromatic heterocycles. The number of nitrogens with two attached hydrogens (primary N) is 1. The van der Waals surface area contributed by atoms with Gasteiger partial charge in [-0.2, -0.15) is 18.3 Å². The van der Waals surface area contributed by atoms with E-state index in [0.29, 0.717) is 10.9 Å². The highest BCUT2D eigenvalue weighted by atomic mass is 32.1. The Morgan fingerprint density at radius 3 is 2.68 bits per heavy atom. The van der Waals surface area contributed by atoms with E-state index >= 15 is 0 Å². The van der Waals surface area contributed by atoms with E-state index in [1.807, 2.05) is 0 Å². The molecule has 0 radical (unpaired) electrons. The number of aromatic nitrogens is 1. The summed E-state index contributed by atoms with van der Waals surface area (Å²) in [5, 5.41) is 4.27. The monoisotopic (exact) mass is 329 g/mol. The van der Waals surface area contributed by atoms with Crippen molar-refractivity contribution in [1.82, 2.24) is 10.4 Å². The Bertz CT molecular complexity index is 635. The molecule has 0 atom stereocenters. The molecule has 0 saturated heterocycles. The zero-order valence-corrected chi connectivity index (χ0v) is 12.3. The molecule has 0 bridgehead atoms. The Kier molecular flexibility index (Phi) is 4.74. The molecule has 0 amide bonds. The van der Waals surface area contributed by atoms with Gasteiger partial charge >= 0.3 is 6.18 Å². The van der Waals surface area contributed by atoms with Crippen LogP contribution in [0.5, 0.6) is 0 Å². The SMILES string of the molecule is C=C(S)N=C(NN=Cc1cnc(C(F)(F)F)cc1N)C1CC1. The summed E-state index contributed by atoms with van der Waals surface area (Å²) < 4.78 is 37.4. The fourth-order valence-electron chi connectivity index (χ4n) is 1.62. The number of aliphatic imine (C=N–C) groups is 1. The summed E-state index contributed by atoms with van der Waals surface area (Å²) in [6, 6.07) is 0.771. The highest BCUT2D eigenvalue weighted by molar-refractivity contribution is 7.84. The van der Waals surface area contributed by atoms with Gasteiger partial charge in [0.1, 0.15) is 11.5 Å². The van der Waals surface area contributed by atoms with E-state index in [9.17, 15) is 13.2 Å². The molecule has 1 saturated carbocycles. The van der Waals surface area contributed by atoms with Gasteiger partial charge in [0.15, 0.2) is 0 Å². The van der Waals surface area contributed by atoms with Crippen molar-refractivity contribution in [2.75, 3.05) is 5.73 Å². The van der Waals surface area contributed by atoms with Crippen molar-refractivity contribution in [3.63, 3.8) is 0 Å². The van der Waals surface area contributed by atoms with Gasteiger partial charge in [-0.1, -0.05) is 6.58 Å². The summed E-state index contributed by atoms with van der Waals surface area (Å²) in [5.41, 5.74) is 7.49. The lowest BCUT2D eigenvalue weighted by Gasteiger charge is -2.07. The van der Waals surface area contributed by atoms with Crippen LogP contribution in [0.3, 0.4) is 0 Å². The largest absolute Gasteiger partial charge is 0.433 e. The van der Waals surface area contributed by atoms with Crippen LogP contribution in [0.25, 0.3) is 0 Å². The molecule has 3 N–H and O–H groups in total. The van der Waals surface area contributed by atoms with Crippen LogP contribution in [-0.2, 0) is 6.18 Å². The first kappa shape index (κ1) is 16.3. The third-order valence-corrected chi connectivity index (χ3v) is 2.96. The topological polar surface area (TPSA) is 75.7 Å². The number of alkyl halides is 3. The molecule has 22 heavy (non-hydrogen) atoms. The van der Waals surface area contributed by atoms with Crippen LogP contribution in [0, 0.1) is 5.92 Å². The van der Waals surface area contributed by atoms with Crippen molar-refractivity contribution in [3.8, 4) is 0 Å². The average molecular weight is 329 g/mol. The Labute approximate surface area is 130 Å². The number of amidine groups is 1. The van der Waals surface area contributed by atoms with Gasteiger partial charge in [0.25, 0.3) is 0 Å². The molecule has 118 valence electrons. The van der Waals surface area contributed by atoms with E-state index in [1.54, 1.807) is 0 Å². The molecule has 0 spiro atoms. The number of nitrogens with one attached hydrogen (secondary N) is 1. The van der Waals surface area contributed by atoms with Crippen molar-refractivity contribution in [2.45, 2.75) is 19.0 Å². The number of halogens is 3. The van der Waals surface area contributed by atoms with Crippen LogP contribution in [0.4, 0.5) is 18.9 Å². The van der Waals surface area contributed by atoms with Crippen LogP contribution >= 0.6 is 12.6 Å². The fourth-order valence-corrected chi connectivity index (χ4v) is 1.72. The van der Waals surface area contributed by atoms with Crippen molar-refractivity contribution >= 4 is 30.4 Å². The molecule has 9 heteroatoms. The second-order valence-electron chi connectivity index (χ2n) is 4.75. The fraction of sp³-hybridized carbons (Fsp3) is 0.308. The van der Waals surface area contributed by atoms with E-state index in [0.717, 1.165) is 25.1 Å². The van der Waals surface area contributed by atoms with Gasteiger partial charge in [0, 0.05) is 23.4 Å². The molecule has 0 aromatic carbocycles. The second kappa shape index (κ2) is 6.39. The minimum Gasteiger partial charge on any atom is -0.398 e. The number of hydrazone groups is 1. The maximum Gasteiger partial charge on any atom is 0.433 e. The van der Waals surface area contributed by atoms with E-state index in [2.05, 4.69) is 39.7 Å². The normalized spacial score (nSPS) is 16.1. The van der Waals surface area contributed by atoms with E-state index in [1.165, 1.54) is 6.21 Å². The quantitative estimate of drug-likeness (QED) is 0.344. The summed E-state index contributed by atoms with van der Waals surface area (Å²) in [5.74, 6) is 0.902. The first-order chi connectivity index (χ1) is 10.3. The van der Waals surface area contributed by atoms with Gasteiger partial charge in [-0.25, -0.2) is 4.99 Å². The first-order valence-electron chi connectivity index (χ1n) is 6.35. The highest BCUT2D eigenvalue weighted by Gasteiger charge is 2.32. The van der Waals surface area contributed by atoms with Gasteiger partial charge < -0.3 is 5.73 Å². The number of nitrogen functional groups attached to an aromatic ring is 1. The zero-order chi connectivity index (χ0) is 16.3. The molecule has 5 nitrogen and oxygen atoms in total. The third-order valence-electron chi connectivity index (χ3n) is 2.86. The molecular weight excluding hydrogens is 315 g/mol. The number of anilines is 1. The third kappa shape index (κ3) is 4.48. The summed E-state index contributed by atoms with van der Waals surface area (Å²) in [7, 11) is 0. The van der Waals surface area contributed by atoms with Crippen molar-refractivity contribution in [1.29, 1.82) is 0 Å². The Hall–Kier alpha value is -2.03. The average Bonchev–Trinajstić information content (AvgIpc) is 3.22. The smallest absolute Gasteiger partial charge is 0.398 e. The zero-order valence-electron chi connectivity index (χ0n) is 11.4. The molecule has 1 fully saturated rings. The van der Waals surface area contributed by atoms with Crippen LogP contribution in [0.2, 0.25) is 0 Å². The minimum atomic E-state index is -4.53. The van der Waals surface area contributed by atoms with Crippen molar-refractivity contribution in [2.24, 2.45) is 16.0 Å². The first-order valence-corrected chi connectivity index (χ1v) is 6.80. The molecule has 1 aromatic rings. The molecule has 1 aliphatic rings. The molecule has 0 aliphatic heterocycles. The molecule has 1 aliphatic carbocycles. The number of nitrogens with zero attached hydrogens (tertiary/aromatic N) is 3. The van der Waals surface area contributed by atoms with Crippen LogP contribution < -0.4 is 11.2 Å². The lowest BCUT2D eigenvalue weighted by molar-refractivity contribution is -0.141. The predicted octanol–water partition coefficient (Wildman–Crippen LogP) is 2.82. The molecule has 0 unspecified atom stereocenters. The summed E-state index contributed by atoms with van der Waals surface area (Å²) in [6.07, 6.45) is -0.226. The van der Waals surface area contributed by atoms with Gasteiger partial charge in [0.05, 0.1) is 11.2 Å². The Morgan fingerprint density at radius 1 is 1.50 bits per heavy atom. The highest BCUT2D eigenvalue weighted by Crippen LogP contribution is 2.30. The maximum atomic E-state index is 12.5. The molecule has 1 heterocycles. The van der Waals surface area contributed by atoms with E-state index in [-0.39, 0.29) is 17.2 Å². The second-order valence-corrected chi connectivity index (χ2v) is 5.27. The standard InChI is InChI=1S/C13H14F3N5S/c1-7(22)20-12(8-2-3-8)21-19-6-9-5-18-11(4-10(9)17)13(14,15)16/h4-6,8,22H,1-3H2,(H2,17,18)(H,20,21). The Morgan fingerprint density at radius 2 is 2.18 bits per heavy atom. The lowest BCUT2D eigenvalue weighted by atomic mass is 10.2. The van der Waals surface area contributed by atoms with Gasteiger partial charge in [0.2, 0.25) is 0 Å². The van der Waals surface area contributed by atoms with Crippen molar-refractivity contribution in [3.05, 3.63) is 35.1 Å². The van der Waals surface area contributed by atoms with Crippen molar-refractivity contribution < 1.29 is 13.2 Å². The van der Waals surface area contributed by atoms with Gasteiger partial charge in [-0.3, -0.25) is 10.4 Å². The minimum absolute atomic E-state index is 0.0589. The van der Waals surface area contributed by atoms with Crippen LogP contribution in [0.1, 0.15) is 24.1 Å². The number of hydrogen-bond acceptors (Lipinski definition) is 5.